The Morgan fingerprint density at radius 1 is 1.24 bits per heavy atom. The summed E-state index contributed by atoms with van der Waals surface area (Å²) < 4.78 is 38.6. The monoisotopic (exact) mass is 376 g/mol. The number of nitrogens with one attached hydrogen (secondary N) is 1. The molecule has 0 aliphatic heterocycles. The van der Waals surface area contributed by atoms with E-state index in [9.17, 15) is 13.2 Å². The number of nitriles is 1. The van der Waals surface area contributed by atoms with Gasteiger partial charge in [-0.1, -0.05) is 15.9 Å². The average molecular weight is 378 g/mol. The summed E-state index contributed by atoms with van der Waals surface area (Å²) in [5, 5.41) is 11.1. The summed E-state index contributed by atoms with van der Waals surface area (Å²) in [5.74, 6) is -0.156. The Morgan fingerprint density at radius 3 is 2.57 bits per heavy atom. The first kappa shape index (κ1) is 15.5. The number of nitrogens with zero attached hydrogens (tertiary/aromatic N) is 3. The van der Waals surface area contributed by atoms with Crippen LogP contribution in [-0.4, -0.2) is 9.97 Å². The third-order valence-corrected chi connectivity index (χ3v) is 3.02. The first-order chi connectivity index (χ1) is 9.79. The van der Waals surface area contributed by atoms with Crippen LogP contribution in [0.2, 0.25) is 5.28 Å². The van der Waals surface area contributed by atoms with Crippen LogP contribution in [0.4, 0.5) is 24.7 Å². The number of benzene rings is 1. The van der Waals surface area contributed by atoms with Gasteiger partial charge in [-0.2, -0.15) is 18.4 Å². The Hall–Kier alpha value is -1.85. The second kappa shape index (κ2) is 5.87. The molecule has 0 spiro atoms. The largest absolute Gasteiger partial charge is 0.433 e. The molecule has 1 aromatic heterocycles. The van der Waals surface area contributed by atoms with Crippen molar-refractivity contribution in [3.05, 3.63) is 45.3 Å². The van der Waals surface area contributed by atoms with E-state index in [4.69, 9.17) is 16.9 Å². The average Bonchev–Trinajstić information content (AvgIpc) is 2.37. The number of alkyl halides is 3. The van der Waals surface area contributed by atoms with Gasteiger partial charge in [0.15, 0.2) is 5.69 Å². The molecule has 0 fully saturated rings. The van der Waals surface area contributed by atoms with E-state index < -0.39 is 17.2 Å². The topological polar surface area (TPSA) is 61.6 Å². The Kier molecular flexibility index (Phi) is 4.34. The lowest BCUT2D eigenvalue weighted by Gasteiger charge is -2.11. The van der Waals surface area contributed by atoms with E-state index in [0.29, 0.717) is 16.2 Å². The van der Waals surface area contributed by atoms with Crippen molar-refractivity contribution >= 4 is 39.0 Å². The summed E-state index contributed by atoms with van der Waals surface area (Å²) in [4.78, 5) is 6.79. The van der Waals surface area contributed by atoms with Crippen LogP contribution in [0.5, 0.6) is 0 Å². The summed E-state index contributed by atoms with van der Waals surface area (Å²) in [6.07, 6.45) is -4.64. The molecule has 0 aliphatic carbocycles. The number of halogens is 5. The predicted molar refractivity (Wildman–Crippen MR) is 74.2 cm³/mol. The highest BCUT2D eigenvalue weighted by atomic mass is 79.9. The molecule has 0 radical (unpaired) electrons. The Labute approximate surface area is 130 Å². The molecule has 0 saturated carbocycles. The van der Waals surface area contributed by atoms with Crippen LogP contribution in [0.25, 0.3) is 0 Å². The van der Waals surface area contributed by atoms with Crippen LogP contribution in [0.1, 0.15) is 11.3 Å². The molecule has 21 heavy (non-hydrogen) atoms. The molecule has 0 aliphatic rings. The van der Waals surface area contributed by atoms with Gasteiger partial charge in [-0.15, -0.1) is 0 Å². The molecule has 0 atom stereocenters. The zero-order valence-electron chi connectivity index (χ0n) is 10.0. The van der Waals surface area contributed by atoms with Crippen LogP contribution in [-0.2, 0) is 6.18 Å². The third kappa shape index (κ3) is 3.83. The van der Waals surface area contributed by atoms with E-state index in [1.807, 2.05) is 6.07 Å². The smallest absolute Gasteiger partial charge is 0.339 e. The van der Waals surface area contributed by atoms with E-state index in [0.717, 1.165) is 0 Å². The quantitative estimate of drug-likeness (QED) is 0.781. The number of rotatable bonds is 2. The molecule has 1 aromatic carbocycles. The zero-order valence-corrected chi connectivity index (χ0v) is 12.4. The lowest BCUT2D eigenvalue weighted by Crippen LogP contribution is -2.10. The van der Waals surface area contributed by atoms with Gasteiger partial charge in [0.25, 0.3) is 0 Å². The minimum Gasteiger partial charge on any atom is -0.339 e. The molecular formula is C12H5BrClF3N4. The maximum atomic E-state index is 12.7. The number of aromatic nitrogens is 2. The Morgan fingerprint density at radius 2 is 1.95 bits per heavy atom. The van der Waals surface area contributed by atoms with E-state index >= 15 is 0 Å². The van der Waals surface area contributed by atoms with Crippen LogP contribution in [0.3, 0.4) is 0 Å². The zero-order chi connectivity index (χ0) is 15.6. The minimum atomic E-state index is -4.64. The van der Waals surface area contributed by atoms with Gasteiger partial charge in [-0.3, -0.25) is 0 Å². The summed E-state index contributed by atoms with van der Waals surface area (Å²) in [5.41, 5.74) is -0.616. The maximum absolute atomic E-state index is 12.7. The van der Waals surface area contributed by atoms with Crippen LogP contribution >= 0.6 is 27.5 Å². The van der Waals surface area contributed by atoms with E-state index in [2.05, 4.69) is 31.2 Å². The highest BCUT2D eigenvalue weighted by Gasteiger charge is 2.33. The van der Waals surface area contributed by atoms with Crippen molar-refractivity contribution in [1.82, 2.24) is 9.97 Å². The number of anilines is 2. The standard InChI is InChI=1S/C12H5BrClF3N4/c13-7-2-1-6(5-18)8(3-7)19-10-4-9(12(15,16)17)20-11(14)21-10/h1-4H,(H,19,20,21). The minimum absolute atomic E-state index is 0.156. The second-order valence-electron chi connectivity index (χ2n) is 3.83. The fraction of sp³-hybridized carbons (Fsp3) is 0.0833. The third-order valence-electron chi connectivity index (χ3n) is 2.35. The molecule has 1 heterocycles. The molecule has 0 saturated heterocycles. The van der Waals surface area contributed by atoms with Crippen molar-refractivity contribution in [1.29, 1.82) is 5.26 Å². The van der Waals surface area contributed by atoms with Crippen molar-refractivity contribution in [2.45, 2.75) is 6.18 Å². The summed E-state index contributed by atoms with van der Waals surface area (Å²) >= 11 is 8.70. The van der Waals surface area contributed by atoms with Gasteiger partial charge >= 0.3 is 6.18 Å². The SMILES string of the molecule is N#Cc1ccc(Br)cc1Nc1cc(C(F)(F)F)nc(Cl)n1. The Balaban J connectivity index is 2.43. The van der Waals surface area contributed by atoms with Crippen LogP contribution in [0.15, 0.2) is 28.7 Å². The molecule has 1 N–H and O–H groups in total. The normalized spacial score (nSPS) is 11.0. The van der Waals surface area contributed by atoms with Gasteiger partial charge in [-0.05, 0) is 29.8 Å². The number of hydrogen-bond donors (Lipinski definition) is 1. The predicted octanol–water partition coefficient (Wildman–Crippen LogP) is 4.53. The Bertz CT molecular complexity index is 727. The molecule has 0 amide bonds. The van der Waals surface area contributed by atoms with Crippen molar-refractivity contribution in [3.8, 4) is 6.07 Å². The van der Waals surface area contributed by atoms with Gasteiger partial charge in [0.1, 0.15) is 11.9 Å². The maximum Gasteiger partial charge on any atom is 0.433 e. The fourth-order valence-electron chi connectivity index (χ4n) is 1.48. The fourth-order valence-corrected chi connectivity index (χ4v) is 2.03. The molecule has 2 aromatic rings. The lowest BCUT2D eigenvalue weighted by atomic mass is 10.2. The first-order valence-electron chi connectivity index (χ1n) is 5.38. The van der Waals surface area contributed by atoms with E-state index in [1.54, 1.807) is 12.1 Å². The van der Waals surface area contributed by atoms with E-state index in [1.165, 1.54) is 6.07 Å². The van der Waals surface area contributed by atoms with Crippen molar-refractivity contribution in [2.75, 3.05) is 5.32 Å². The summed E-state index contributed by atoms with van der Waals surface area (Å²) in [7, 11) is 0. The molecule has 0 bridgehead atoms. The summed E-state index contributed by atoms with van der Waals surface area (Å²) in [6, 6.07) is 7.33. The highest BCUT2D eigenvalue weighted by Crippen LogP contribution is 2.31. The van der Waals surface area contributed by atoms with Gasteiger partial charge in [0.2, 0.25) is 5.28 Å². The molecule has 4 nitrogen and oxygen atoms in total. The van der Waals surface area contributed by atoms with E-state index in [-0.39, 0.29) is 11.4 Å². The van der Waals surface area contributed by atoms with Gasteiger partial charge in [-0.25, -0.2) is 9.97 Å². The molecular weight excluding hydrogens is 373 g/mol. The highest BCUT2D eigenvalue weighted by molar-refractivity contribution is 9.10. The van der Waals surface area contributed by atoms with Gasteiger partial charge in [0, 0.05) is 10.5 Å². The lowest BCUT2D eigenvalue weighted by molar-refractivity contribution is -0.141. The van der Waals surface area contributed by atoms with Gasteiger partial charge < -0.3 is 5.32 Å². The van der Waals surface area contributed by atoms with Crippen molar-refractivity contribution < 1.29 is 13.2 Å². The van der Waals surface area contributed by atoms with Crippen molar-refractivity contribution in [2.24, 2.45) is 0 Å². The van der Waals surface area contributed by atoms with Crippen LogP contribution < -0.4 is 5.32 Å². The molecule has 2 rings (SSSR count). The molecule has 108 valence electrons. The first-order valence-corrected chi connectivity index (χ1v) is 6.55. The second-order valence-corrected chi connectivity index (χ2v) is 5.09. The number of hydrogen-bond acceptors (Lipinski definition) is 4. The van der Waals surface area contributed by atoms with Crippen LogP contribution in [0, 0.1) is 11.3 Å². The summed E-state index contributed by atoms with van der Waals surface area (Å²) in [6.45, 7) is 0. The van der Waals surface area contributed by atoms with Gasteiger partial charge in [0.05, 0.1) is 11.3 Å². The molecule has 9 heteroatoms. The van der Waals surface area contributed by atoms with Crippen molar-refractivity contribution in [3.63, 3.8) is 0 Å². The molecule has 0 unspecified atom stereocenters.